The van der Waals surface area contributed by atoms with Crippen LogP contribution in [0.1, 0.15) is 0 Å². The van der Waals surface area contributed by atoms with E-state index in [0.29, 0.717) is 4.47 Å². The molecule has 0 atom stereocenters. The van der Waals surface area contributed by atoms with E-state index in [1.165, 1.54) is 12.3 Å². The lowest BCUT2D eigenvalue weighted by Gasteiger charge is -2.05. The van der Waals surface area contributed by atoms with Crippen molar-refractivity contribution in [2.75, 3.05) is 5.73 Å². The molecule has 0 aliphatic heterocycles. The third kappa shape index (κ3) is 2.30. The van der Waals surface area contributed by atoms with Gasteiger partial charge in [0.2, 0.25) is 5.88 Å². The van der Waals surface area contributed by atoms with Gasteiger partial charge in [-0.3, -0.25) is 0 Å². The molecule has 3 nitrogen and oxygen atoms in total. The van der Waals surface area contributed by atoms with Crippen molar-refractivity contribution in [3.63, 3.8) is 0 Å². The Hall–Kier alpha value is -0.910. The number of nitrogens with two attached hydrogens (primary N) is 1. The minimum atomic E-state index is -2.90. The van der Waals surface area contributed by atoms with Gasteiger partial charge < -0.3 is 10.5 Å². The Morgan fingerprint density at radius 3 is 2.75 bits per heavy atom. The fourth-order valence-corrected chi connectivity index (χ4v) is 0.974. The fourth-order valence-electron chi connectivity index (χ4n) is 0.625. The second-order valence-electron chi connectivity index (χ2n) is 1.93. The molecule has 0 bridgehead atoms. The van der Waals surface area contributed by atoms with Crippen LogP contribution in [0.15, 0.2) is 16.7 Å². The van der Waals surface area contributed by atoms with Crippen LogP contribution in [0.3, 0.4) is 0 Å². The van der Waals surface area contributed by atoms with E-state index in [4.69, 9.17) is 5.73 Å². The summed E-state index contributed by atoms with van der Waals surface area (Å²) < 4.78 is 28.0. The Bertz CT molecular complexity index is 282. The lowest BCUT2D eigenvalue weighted by atomic mass is 10.4. The van der Waals surface area contributed by atoms with Crippen LogP contribution in [-0.2, 0) is 0 Å². The molecule has 0 radical (unpaired) electrons. The summed E-state index contributed by atoms with van der Waals surface area (Å²) in [5.74, 6) is -0.256. The Balaban J connectivity index is 2.86. The van der Waals surface area contributed by atoms with E-state index < -0.39 is 6.61 Å². The average Bonchev–Trinajstić information content (AvgIpc) is 1.94. The molecule has 2 N–H and O–H groups in total. The summed E-state index contributed by atoms with van der Waals surface area (Å²) in [5, 5.41) is 0. The summed E-state index contributed by atoms with van der Waals surface area (Å²) in [7, 11) is 0. The van der Waals surface area contributed by atoms with Crippen molar-refractivity contribution in [3.8, 4) is 5.88 Å². The van der Waals surface area contributed by atoms with Gasteiger partial charge in [0, 0.05) is 10.7 Å². The molecule has 0 aliphatic carbocycles. The lowest BCUT2D eigenvalue weighted by Crippen LogP contribution is -2.05. The van der Waals surface area contributed by atoms with Gasteiger partial charge in [0.15, 0.2) is 0 Å². The second kappa shape index (κ2) is 3.66. The number of pyridine rings is 1. The lowest BCUT2D eigenvalue weighted by molar-refractivity contribution is -0.0523. The van der Waals surface area contributed by atoms with Gasteiger partial charge in [0.05, 0.1) is 5.69 Å². The van der Waals surface area contributed by atoms with Crippen LogP contribution in [0.2, 0.25) is 0 Å². The van der Waals surface area contributed by atoms with E-state index in [1.807, 2.05) is 0 Å². The van der Waals surface area contributed by atoms with E-state index in [0.717, 1.165) is 0 Å². The van der Waals surface area contributed by atoms with Gasteiger partial charge in [0.1, 0.15) is 0 Å². The Labute approximate surface area is 75.7 Å². The fraction of sp³-hybridized carbons (Fsp3) is 0.167. The highest BCUT2D eigenvalue weighted by Crippen LogP contribution is 2.23. The molecule has 0 amide bonds. The van der Waals surface area contributed by atoms with Gasteiger partial charge in [0.25, 0.3) is 0 Å². The normalized spacial score (nSPS) is 10.3. The zero-order valence-corrected chi connectivity index (χ0v) is 7.38. The van der Waals surface area contributed by atoms with Crippen LogP contribution in [0.4, 0.5) is 14.5 Å². The molecule has 1 heterocycles. The van der Waals surface area contributed by atoms with Crippen LogP contribution >= 0.6 is 15.9 Å². The van der Waals surface area contributed by atoms with E-state index in [-0.39, 0.29) is 11.6 Å². The SMILES string of the molecule is Nc1cc(Br)cnc1OC(F)F. The largest absolute Gasteiger partial charge is 0.415 e. The molecule has 12 heavy (non-hydrogen) atoms. The third-order valence-corrected chi connectivity index (χ3v) is 1.48. The Morgan fingerprint density at radius 2 is 2.25 bits per heavy atom. The first-order chi connectivity index (χ1) is 5.59. The molecule has 1 aromatic rings. The molecular formula is C6H5BrF2N2O. The molecule has 0 aromatic carbocycles. The van der Waals surface area contributed by atoms with Crippen LogP contribution in [0, 0.1) is 0 Å². The smallest absolute Gasteiger partial charge is 0.388 e. The maximum Gasteiger partial charge on any atom is 0.388 e. The Morgan fingerprint density at radius 1 is 1.58 bits per heavy atom. The maximum atomic E-state index is 11.7. The predicted molar refractivity (Wildman–Crippen MR) is 43.0 cm³/mol. The van der Waals surface area contributed by atoms with Crippen LogP contribution < -0.4 is 10.5 Å². The van der Waals surface area contributed by atoms with Gasteiger partial charge >= 0.3 is 6.61 Å². The number of ether oxygens (including phenoxy) is 1. The molecule has 0 unspecified atom stereocenters. The molecule has 6 heteroatoms. The monoisotopic (exact) mass is 238 g/mol. The topological polar surface area (TPSA) is 48.1 Å². The highest BCUT2D eigenvalue weighted by atomic mass is 79.9. The number of nitrogens with zero attached hydrogens (tertiary/aromatic N) is 1. The van der Waals surface area contributed by atoms with Gasteiger partial charge in [-0.1, -0.05) is 0 Å². The zero-order chi connectivity index (χ0) is 9.14. The van der Waals surface area contributed by atoms with Crippen molar-refractivity contribution in [3.05, 3.63) is 16.7 Å². The number of alkyl halides is 2. The minimum Gasteiger partial charge on any atom is -0.415 e. The van der Waals surface area contributed by atoms with E-state index in [1.54, 1.807) is 0 Å². The number of rotatable bonds is 2. The minimum absolute atomic E-state index is 0.0738. The van der Waals surface area contributed by atoms with Gasteiger partial charge in [-0.05, 0) is 22.0 Å². The summed E-state index contributed by atoms with van der Waals surface area (Å²) in [6.07, 6.45) is 1.33. The van der Waals surface area contributed by atoms with Crippen molar-refractivity contribution in [2.24, 2.45) is 0 Å². The highest BCUT2D eigenvalue weighted by Gasteiger charge is 2.08. The summed E-state index contributed by atoms with van der Waals surface area (Å²) in [5.41, 5.74) is 5.39. The van der Waals surface area contributed by atoms with Crippen molar-refractivity contribution >= 4 is 21.6 Å². The van der Waals surface area contributed by atoms with Crippen LogP contribution in [0.5, 0.6) is 5.88 Å². The molecule has 0 aliphatic rings. The number of hydrogen-bond acceptors (Lipinski definition) is 3. The molecular weight excluding hydrogens is 234 g/mol. The molecule has 0 spiro atoms. The van der Waals surface area contributed by atoms with E-state index in [2.05, 4.69) is 25.7 Å². The molecule has 66 valence electrons. The second-order valence-corrected chi connectivity index (χ2v) is 2.84. The van der Waals surface area contributed by atoms with E-state index in [9.17, 15) is 8.78 Å². The van der Waals surface area contributed by atoms with Crippen molar-refractivity contribution in [2.45, 2.75) is 6.61 Å². The molecule has 0 fully saturated rings. The average molecular weight is 239 g/mol. The standard InChI is InChI=1S/C6H5BrF2N2O/c7-3-1-4(10)5(11-2-3)12-6(8)9/h1-2,6H,10H2. The van der Waals surface area contributed by atoms with Gasteiger partial charge in [-0.15, -0.1) is 0 Å². The van der Waals surface area contributed by atoms with E-state index >= 15 is 0 Å². The number of hydrogen-bond donors (Lipinski definition) is 1. The number of aromatic nitrogens is 1. The summed E-state index contributed by atoms with van der Waals surface area (Å²) >= 11 is 3.08. The van der Waals surface area contributed by atoms with Crippen molar-refractivity contribution < 1.29 is 13.5 Å². The maximum absolute atomic E-state index is 11.7. The molecule has 1 aromatic heterocycles. The predicted octanol–water partition coefficient (Wildman–Crippen LogP) is 2.03. The molecule has 0 saturated heterocycles. The van der Waals surface area contributed by atoms with Crippen LogP contribution in [0.25, 0.3) is 0 Å². The number of nitrogen functional groups attached to an aromatic ring is 1. The zero-order valence-electron chi connectivity index (χ0n) is 5.80. The van der Waals surface area contributed by atoms with Gasteiger partial charge in [-0.25, -0.2) is 4.98 Å². The van der Waals surface area contributed by atoms with Crippen LogP contribution in [-0.4, -0.2) is 11.6 Å². The molecule has 0 saturated carbocycles. The first kappa shape index (κ1) is 9.18. The first-order valence-electron chi connectivity index (χ1n) is 2.95. The third-order valence-electron chi connectivity index (χ3n) is 1.05. The molecule has 1 rings (SSSR count). The first-order valence-corrected chi connectivity index (χ1v) is 3.74. The Kier molecular flexibility index (Phi) is 2.80. The quantitative estimate of drug-likeness (QED) is 0.858. The summed E-state index contributed by atoms with van der Waals surface area (Å²) in [6.45, 7) is -2.90. The van der Waals surface area contributed by atoms with Crippen molar-refractivity contribution in [1.82, 2.24) is 4.98 Å². The number of halogens is 3. The highest BCUT2D eigenvalue weighted by molar-refractivity contribution is 9.10. The summed E-state index contributed by atoms with van der Waals surface area (Å²) in [6, 6.07) is 1.44. The van der Waals surface area contributed by atoms with Crippen molar-refractivity contribution in [1.29, 1.82) is 0 Å². The van der Waals surface area contributed by atoms with Gasteiger partial charge in [-0.2, -0.15) is 8.78 Å². The summed E-state index contributed by atoms with van der Waals surface area (Å²) in [4.78, 5) is 3.54. The number of anilines is 1.